The minimum Gasteiger partial charge on any atom is -0.493 e. The Kier molecular flexibility index (Phi) is 5.60. The third-order valence-corrected chi connectivity index (χ3v) is 4.25. The van der Waals surface area contributed by atoms with E-state index >= 15 is 0 Å². The number of rotatable bonds is 6. The third kappa shape index (κ3) is 4.07. The number of ether oxygens (including phenoxy) is 2. The number of amides is 1. The summed E-state index contributed by atoms with van der Waals surface area (Å²) in [6.07, 6.45) is 0. The van der Waals surface area contributed by atoms with Crippen LogP contribution < -0.4 is 14.4 Å². The van der Waals surface area contributed by atoms with Gasteiger partial charge < -0.3 is 23.7 Å². The van der Waals surface area contributed by atoms with E-state index < -0.39 is 0 Å². The maximum atomic E-state index is 12.4. The first-order valence-electron chi connectivity index (χ1n) is 8.70. The van der Waals surface area contributed by atoms with Crippen molar-refractivity contribution in [1.82, 2.24) is 15.1 Å². The normalized spacial score (nSPS) is 14.6. The zero-order valence-corrected chi connectivity index (χ0v) is 15.3. The van der Waals surface area contributed by atoms with Gasteiger partial charge in [-0.05, 0) is 12.1 Å². The minimum absolute atomic E-state index is 0.0154. The minimum atomic E-state index is -0.0519. The molecular weight excluding hydrogens is 336 g/mol. The van der Waals surface area contributed by atoms with E-state index in [9.17, 15) is 4.79 Å². The van der Waals surface area contributed by atoms with Crippen molar-refractivity contribution < 1.29 is 18.7 Å². The van der Waals surface area contributed by atoms with Crippen molar-refractivity contribution in [2.75, 3.05) is 44.8 Å². The lowest BCUT2D eigenvalue weighted by Gasteiger charge is -2.33. The zero-order chi connectivity index (χ0) is 18.5. The fraction of sp³-hybridized carbons (Fsp3) is 0.500. The Morgan fingerprint density at radius 1 is 1.15 bits per heavy atom. The van der Waals surface area contributed by atoms with Gasteiger partial charge in [0.05, 0.1) is 7.11 Å². The molecule has 0 bridgehead atoms. The number of piperazine rings is 1. The molecule has 1 aromatic carbocycles. The molecule has 1 amide bonds. The Bertz CT molecular complexity index is 738. The molecule has 1 aliphatic heterocycles. The largest absolute Gasteiger partial charge is 0.493 e. The number of nitrogens with zero attached hydrogens (tertiary/aromatic N) is 4. The highest BCUT2D eigenvalue weighted by Gasteiger charge is 2.25. The van der Waals surface area contributed by atoms with Crippen LogP contribution in [0.4, 0.5) is 6.01 Å². The van der Waals surface area contributed by atoms with Gasteiger partial charge >= 0.3 is 6.01 Å². The Labute approximate surface area is 152 Å². The summed E-state index contributed by atoms with van der Waals surface area (Å²) in [7, 11) is 1.57. The number of carbonyl (C=O) groups is 1. The molecule has 0 N–H and O–H groups in total. The summed E-state index contributed by atoms with van der Waals surface area (Å²) in [6, 6.07) is 7.80. The molecule has 140 valence electrons. The molecule has 26 heavy (non-hydrogen) atoms. The average molecular weight is 360 g/mol. The van der Waals surface area contributed by atoms with E-state index in [0.29, 0.717) is 49.6 Å². The van der Waals surface area contributed by atoms with E-state index in [1.807, 2.05) is 30.9 Å². The first-order chi connectivity index (χ1) is 12.6. The van der Waals surface area contributed by atoms with E-state index in [1.165, 1.54) is 0 Å². The Morgan fingerprint density at radius 2 is 1.85 bits per heavy atom. The van der Waals surface area contributed by atoms with Gasteiger partial charge in [-0.15, -0.1) is 5.10 Å². The number of para-hydroxylation sites is 2. The Morgan fingerprint density at radius 3 is 2.46 bits per heavy atom. The molecule has 8 nitrogen and oxygen atoms in total. The highest BCUT2D eigenvalue weighted by molar-refractivity contribution is 5.78. The predicted molar refractivity (Wildman–Crippen MR) is 95.7 cm³/mol. The topological polar surface area (TPSA) is 80.9 Å². The van der Waals surface area contributed by atoms with Gasteiger partial charge in [-0.25, -0.2) is 0 Å². The highest BCUT2D eigenvalue weighted by Crippen LogP contribution is 2.25. The summed E-state index contributed by atoms with van der Waals surface area (Å²) in [5, 5.41) is 8.15. The summed E-state index contributed by atoms with van der Waals surface area (Å²) >= 11 is 0. The lowest BCUT2D eigenvalue weighted by molar-refractivity contribution is -0.133. The lowest BCUT2D eigenvalue weighted by atomic mass is 10.2. The predicted octanol–water partition coefficient (Wildman–Crippen LogP) is 1.93. The van der Waals surface area contributed by atoms with Gasteiger partial charge in [0.15, 0.2) is 18.1 Å². The molecule has 0 aliphatic carbocycles. The van der Waals surface area contributed by atoms with E-state index in [0.717, 1.165) is 0 Å². The van der Waals surface area contributed by atoms with E-state index in [-0.39, 0.29) is 18.4 Å². The average Bonchev–Trinajstić information content (AvgIpc) is 3.17. The van der Waals surface area contributed by atoms with Crippen LogP contribution in [0.2, 0.25) is 0 Å². The van der Waals surface area contributed by atoms with Gasteiger partial charge in [0.25, 0.3) is 5.91 Å². The van der Waals surface area contributed by atoms with Crippen molar-refractivity contribution in [2.24, 2.45) is 0 Å². The molecule has 1 aliphatic rings. The standard InChI is InChI=1S/C18H24N4O4/c1-13(2)17-19-20-18(26-17)22-10-8-21(9-11-22)16(23)12-25-15-7-5-4-6-14(15)24-3/h4-7,13H,8-12H2,1-3H3. The van der Waals surface area contributed by atoms with Crippen LogP contribution in [-0.2, 0) is 4.79 Å². The summed E-state index contributed by atoms with van der Waals surface area (Å²) in [5.74, 6) is 1.95. The van der Waals surface area contributed by atoms with Crippen LogP contribution in [0.1, 0.15) is 25.7 Å². The van der Waals surface area contributed by atoms with E-state index in [4.69, 9.17) is 13.9 Å². The molecule has 0 radical (unpaired) electrons. The van der Waals surface area contributed by atoms with Crippen LogP contribution in [-0.4, -0.2) is 60.9 Å². The molecule has 2 aromatic rings. The summed E-state index contributed by atoms with van der Waals surface area (Å²) < 4.78 is 16.5. The van der Waals surface area contributed by atoms with E-state index in [2.05, 4.69) is 10.2 Å². The van der Waals surface area contributed by atoms with Gasteiger partial charge in [0.1, 0.15) is 0 Å². The van der Waals surface area contributed by atoms with E-state index in [1.54, 1.807) is 24.1 Å². The number of aromatic nitrogens is 2. The van der Waals surface area contributed by atoms with Gasteiger partial charge in [-0.2, -0.15) is 0 Å². The van der Waals surface area contributed by atoms with Gasteiger partial charge in [0, 0.05) is 32.1 Å². The molecule has 0 unspecified atom stereocenters. The van der Waals surface area contributed by atoms with Crippen LogP contribution in [0, 0.1) is 0 Å². The molecule has 0 saturated carbocycles. The van der Waals surface area contributed by atoms with Crippen molar-refractivity contribution in [2.45, 2.75) is 19.8 Å². The van der Waals surface area contributed by atoms with Gasteiger partial charge in [-0.1, -0.05) is 31.1 Å². The number of hydrogen-bond acceptors (Lipinski definition) is 7. The molecule has 2 heterocycles. The zero-order valence-electron chi connectivity index (χ0n) is 15.3. The maximum Gasteiger partial charge on any atom is 0.318 e. The SMILES string of the molecule is COc1ccccc1OCC(=O)N1CCN(c2nnc(C(C)C)o2)CC1. The van der Waals surface area contributed by atoms with Crippen molar-refractivity contribution in [3.63, 3.8) is 0 Å². The quantitative estimate of drug-likeness (QED) is 0.778. The second-order valence-electron chi connectivity index (χ2n) is 6.38. The smallest absolute Gasteiger partial charge is 0.318 e. The molecule has 8 heteroatoms. The molecule has 1 saturated heterocycles. The second kappa shape index (κ2) is 8.07. The van der Waals surface area contributed by atoms with Crippen LogP contribution in [0.5, 0.6) is 11.5 Å². The Hall–Kier alpha value is -2.77. The van der Waals surface area contributed by atoms with Gasteiger partial charge in [0.2, 0.25) is 5.89 Å². The van der Waals surface area contributed by atoms with Crippen LogP contribution in [0.3, 0.4) is 0 Å². The molecule has 3 rings (SSSR count). The van der Waals surface area contributed by atoms with Crippen molar-refractivity contribution >= 4 is 11.9 Å². The molecule has 0 spiro atoms. The number of carbonyl (C=O) groups excluding carboxylic acids is 1. The monoisotopic (exact) mass is 360 g/mol. The number of methoxy groups -OCH3 is 1. The number of hydrogen-bond donors (Lipinski definition) is 0. The summed E-state index contributed by atoms with van der Waals surface area (Å²) in [5.41, 5.74) is 0. The Balaban J connectivity index is 1.50. The van der Waals surface area contributed by atoms with Crippen LogP contribution in [0.25, 0.3) is 0 Å². The van der Waals surface area contributed by atoms with Crippen molar-refractivity contribution in [1.29, 1.82) is 0 Å². The summed E-state index contributed by atoms with van der Waals surface area (Å²) in [4.78, 5) is 16.2. The fourth-order valence-corrected chi connectivity index (χ4v) is 2.70. The molecule has 1 aromatic heterocycles. The second-order valence-corrected chi connectivity index (χ2v) is 6.38. The van der Waals surface area contributed by atoms with Crippen LogP contribution >= 0.6 is 0 Å². The summed E-state index contributed by atoms with van der Waals surface area (Å²) in [6.45, 7) is 6.49. The maximum absolute atomic E-state index is 12.4. The number of benzene rings is 1. The third-order valence-electron chi connectivity index (χ3n) is 4.25. The van der Waals surface area contributed by atoms with Crippen molar-refractivity contribution in [3.05, 3.63) is 30.2 Å². The van der Waals surface area contributed by atoms with Gasteiger partial charge in [-0.3, -0.25) is 4.79 Å². The first-order valence-corrected chi connectivity index (χ1v) is 8.70. The molecular formula is C18H24N4O4. The first kappa shape index (κ1) is 18.0. The van der Waals surface area contributed by atoms with Crippen molar-refractivity contribution in [3.8, 4) is 11.5 Å². The lowest BCUT2D eigenvalue weighted by Crippen LogP contribution is -2.50. The molecule has 0 atom stereocenters. The van der Waals surface area contributed by atoms with Crippen LogP contribution in [0.15, 0.2) is 28.7 Å². The highest BCUT2D eigenvalue weighted by atomic mass is 16.5. The number of anilines is 1. The fourth-order valence-electron chi connectivity index (χ4n) is 2.70. The molecule has 1 fully saturated rings.